The second kappa shape index (κ2) is 14.8. The number of carbonyl (C=O) groups excluding carboxylic acids is 1. The molecule has 7 nitrogen and oxygen atoms in total. The first-order valence-electron chi connectivity index (χ1n) is 9.49. The van der Waals surface area contributed by atoms with Crippen LogP contribution in [-0.2, 0) is 20.8 Å². The van der Waals surface area contributed by atoms with Crippen molar-refractivity contribution in [1.82, 2.24) is 10.6 Å². The predicted octanol–water partition coefficient (Wildman–Crippen LogP) is 2.50. The van der Waals surface area contributed by atoms with E-state index in [4.69, 9.17) is 9.47 Å². The van der Waals surface area contributed by atoms with Gasteiger partial charge in [-0.1, -0.05) is 12.1 Å². The number of methoxy groups -OCH3 is 2. The molecule has 1 aromatic rings. The highest BCUT2D eigenvalue weighted by Gasteiger charge is 2.02. The average molecular weight is 380 g/mol. The summed E-state index contributed by atoms with van der Waals surface area (Å²) in [4.78, 5) is 15.8. The molecule has 0 spiro atoms. The third kappa shape index (κ3) is 11.1. The van der Waals surface area contributed by atoms with E-state index in [2.05, 4.69) is 20.4 Å². The van der Waals surface area contributed by atoms with Crippen LogP contribution in [0.5, 0.6) is 5.75 Å². The van der Waals surface area contributed by atoms with Crippen LogP contribution in [0.25, 0.3) is 0 Å². The molecular weight excluding hydrogens is 346 g/mol. The van der Waals surface area contributed by atoms with Crippen molar-refractivity contribution in [2.45, 2.75) is 39.2 Å². The van der Waals surface area contributed by atoms with Gasteiger partial charge in [-0.15, -0.1) is 0 Å². The topological polar surface area (TPSA) is 81.2 Å². The second-order valence-electron chi connectivity index (χ2n) is 5.95. The minimum Gasteiger partial charge on any atom is -0.497 e. The van der Waals surface area contributed by atoms with Gasteiger partial charge in [-0.25, -0.2) is 4.99 Å². The van der Waals surface area contributed by atoms with Gasteiger partial charge in [-0.05, 0) is 43.9 Å². The van der Waals surface area contributed by atoms with Crippen LogP contribution in [0.1, 0.15) is 38.2 Å². The van der Waals surface area contributed by atoms with E-state index in [-0.39, 0.29) is 5.97 Å². The summed E-state index contributed by atoms with van der Waals surface area (Å²) in [7, 11) is 3.07. The molecule has 0 fully saturated rings. The third-order valence-corrected chi connectivity index (χ3v) is 3.87. The Morgan fingerprint density at radius 2 is 1.74 bits per heavy atom. The Hall–Kier alpha value is -2.28. The van der Waals surface area contributed by atoms with Crippen molar-refractivity contribution in [2.75, 3.05) is 40.5 Å². The minimum atomic E-state index is -0.169. The summed E-state index contributed by atoms with van der Waals surface area (Å²) in [6, 6.07) is 7.87. The number of guanidine groups is 1. The van der Waals surface area contributed by atoms with Gasteiger partial charge in [0, 0.05) is 32.7 Å². The van der Waals surface area contributed by atoms with Gasteiger partial charge in [-0.2, -0.15) is 0 Å². The summed E-state index contributed by atoms with van der Waals surface area (Å²) in [6.07, 6.45) is 3.02. The van der Waals surface area contributed by atoms with Crippen molar-refractivity contribution in [1.29, 1.82) is 0 Å². The Morgan fingerprint density at radius 1 is 1.04 bits per heavy atom. The van der Waals surface area contributed by atoms with Crippen LogP contribution in [-0.4, -0.2) is 52.5 Å². The van der Waals surface area contributed by atoms with Crippen LogP contribution in [0.15, 0.2) is 29.3 Å². The van der Waals surface area contributed by atoms with Crippen molar-refractivity contribution in [3.63, 3.8) is 0 Å². The molecule has 0 aliphatic rings. The van der Waals surface area contributed by atoms with Crippen LogP contribution in [0.3, 0.4) is 0 Å². The number of hydrogen-bond acceptors (Lipinski definition) is 5. The van der Waals surface area contributed by atoms with Gasteiger partial charge in [0.2, 0.25) is 0 Å². The molecule has 152 valence electrons. The number of benzene rings is 1. The minimum absolute atomic E-state index is 0.169. The fourth-order valence-electron chi connectivity index (χ4n) is 2.30. The average Bonchev–Trinajstić information content (AvgIpc) is 2.71. The molecule has 0 saturated heterocycles. The summed E-state index contributed by atoms with van der Waals surface area (Å²) in [5, 5.41) is 6.64. The van der Waals surface area contributed by atoms with Crippen LogP contribution in [0.2, 0.25) is 0 Å². The maximum atomic E-state index is 11.1. The van der Waals surface area contributed by atoms with Gasteiger partial charge in [-0.3, -0.25) is 4.79 Å². The second-order valence-corrected chi connectivity index (χ2v) is 5.95. The van der Waals surface area contributed by atoms with E-state index in [1.54, 1.807) is 7.11 Å². The lowest BCUT2D eigenvalue weighted by Crippen LogP contribution is -2.38. The Balaban J connectivity index is 2.45. The molecule has 0 radical (unpaired) electrons. The fraction of sp³-hybridized carbons (Fsp3) is 0.600. The molecule has 27 heavy (non-hydrogen) atoms. The van der Waals surface area contributed by atoms with Gasteiger partial charge < -0.3 is 24.8 Å². The monoisotopic (exact) mass is 379 g/mol. The molecule has 2 N–H and O–H groups in total. The van der Waals surface area contributed by atoms with E-state index >= 15 is 0 Å². The molecule has 1 aromatic carbocycles. The zero-order valence-corrected chi connectivity index (χ0v) is 16.8. The van der Waals surface area contributed by atoms with Crippen molar-refractivity contribution in [3.05, 3.63) is 29.8 Å². The number of carbonyl (C=O) groups is 1. The maximum Gasteiger partial charge on any atom is 0.305 e. The number of esters is 1. The Kier molecular flexibility index (Phi) is 12.5. The Morgan fingerprint density at radius 3 is 2.37 bits per heavy atom. The van der Waals surface area contributed by atoms with Crippen molar-refractivity contribution in [3.8, 4) is 5.75 Å². The first kappa shape index (κ1) is 22.8. The summed E-state index contributed by atoms with van der Waals surface area (Å²) < 4.78 is 15.2. The van der Waals surface area contributed by atoms with Gasteiger partial charge >= 0.3 is 5.97 Å². The number of rotatable bonds is 13. The Bertz CT molecular complexity index is 547. The van der Waals surface area contributed by atoms with E-state index in [1.165, 1.54) is 7.11 Å². The van der Waals surface area contributed by atoms with Crippen molar-refractivity contribution >= 4 is 11.9 Å². The number of nitrogens with one attached hydrogen (secondary N) is 2. The first-order valence-corrected chi connectivity index (χ1v) is 9.49. The lowest BCUT2D eigenvalue weighted by Gasteiger charge is -2.13. The quantitative estimate of drug-likeness (QED) is 0.237. The van der Waals surface area contributed by atoms with Crippen molar-refractivity contribution < 1.29 is 19.0 Å². The predicted molar refractivity (Wildman–Crippen MR) is 107 cm³/mol. The van der Waals surface area contributed by atoms with E-state index in [0.717, 1.165) is 62.8 Å². The van der Waals surface area contributed by atoms with E-state index in [9.17, 15) is 4.79 Å². The molecule has 0 bridgehead atoms. The largest absolute Gasteiger partial charge is 0.497 e. The third-order valence-electron chi connectivity index (χ3n) is 3.87. The first-order chi connectivity index (χ1) is 13.2. The zero-order chi connectivity index (χ0) is 19.7. The number of hydrogen-bond donors (Lipinski definition) is 2. The molecule has 0 aliphatic heterocycles. The smallest absolute Gasteiger partial charge is 0.305 e. The van der Waals surface area contributed by atoms with Gasteiger partial charge in [0.15, 0.2) is 5.96 Å². The number of aliphatic imine (C=N–C) groups is 1. The molecule has 7 heteroatoms. The lowest BCUT2D eigenvalue weighted by atomic mass is 10.2. The van der Waals surface area contributed by atoms with Crippen LogP contribution < -0.4 is 15.4 Å². The molecule has 0 amide bonds. The summed E-state index contributed by atoms with van der Waals surface area (Å²) >= 11 is 0. The van der Waals surface area contributed by atoms with Crippen LogP contribution in [0, 0.1) is 0 Å². The molecule has 0 aliphatic carbocycles. The summed E-state index contributed by atoms with van der Waals surface area (Å²) in [5.74, 6) is 1.43. The number of nitrogens with zero attached hydrogens (tertiary/aromatic N) is 1. The van der Waals surface area contributed by atoms with Gasteiger partial charge in [0.05, 0.1) is 20.8 Å². The van der Waals surface area contributed by atoms with E-state index in [1.807, 2.05) is 31.2 Å². The summed E-state index contributed by atoms with van der Waals surface area (Å²) in [6.45, 7) is 5.57. The lowest BCUT2D eigenvalue weighted by molar-refractivity contribution is -0.140. The van der Waals surface area contributed by atoms with E-state index < -0.39 is 0 Å². The number of ether oxygens (including phenoxy) is 3. The van der Waals surface area contributed by atoms with Gasteiger partial charge in [0.1, 0.15) is 5.75 Å². The number of unbranched alkanes of at least 4 members (excludes halogenated alkanes) is 1. The summed E-state index contributed by atoms with van der Waals surface area (Å²) in [5.41, 5.74) is 1.11. The highest BCUT2D eigenvalue weighted by Crippen LogP contribution is 2.11. The van der Waals surface area contributed by atoms with Gasteiger partial charge in [0.25, 0.3) is 0 Å². The van der Waals surface area contributed by atoms with E-state index in [0.29, 0.717) is 13.0 Å². The normalized spacial score (nSPS) is 11.1. The van der Waals surface area contributed by atoms with Crippen LogP contribution >= 0.6 is 0 Å². The molecule has 0 heterocycles. The van der Waals surface area contributed by atoms with Crippen molar-refractivity contribution in [2.24, 2.45) is 4.99 Å². The molecule has 0 saturated carbocycles. The molecule has 0 aromatic heterocycles. The standard InChI is InChI=1S/C20H33N3O4/c1-4-27-15-7-14-22-20(21-13-6-5-8-19(24)26-3)23-16-17-9-11-18(25-2)12-10-17/h9-12H,4-8,13-16H2,1-3H3,(H2,21,22,23). The molecule has 0 atom stereocenters. The van der Waals surface area contributed by atoms with Crippen LogP contribution in [0.4, 0.5) is 0 Å². The highest BCUT2D eigenvalue weighted by atomic mass is 16.5. The highest BCUT2D eigenvalue weighted by molar-refractivity contribution is 5.79. The fourth-order valence-corrected chi connectivity index (χ4v) is 2.30. The molecular formula is C20H33N3O4. The SMILES string of the molecule is CCOCCCNC(=NCc1ccc(OC)cc1)NCCCCC(=O)OC. The molecule has 0 unspecified atom stereocenters. The zero-order valence-electron chi connectivity index (χ0n) is 16.8. The Labute approximate surface area is 162 Å². The molecule has 1 rings (SSSR count). The maximum absolute atomic E-state index is 11.1.